The second kappa shape index (κ2) is 47.8. The molecule has 0 saturated carbocycles. The molecule has 0 aromatic heterocycles. The van der Waals surface area contributed by atoms with Gasteiger partial charge < -0.3 is 18.9 Å². The van der Waals surface area contributed by atoms with Gasteiger partial charge in [-0.2, -0.15) is 0 Å². The molecule has 0 saturated heterocycles. The number of quaternary nitrogens is 1. The Morgan fingerprint density at radius 1 is 0.485 bits per heavy atom. The normalized spacial score (nSPS) is 13.8. The van der Waals surface area contributed by atoms with Crippen molar-refractivity contribution in [2.24, 2.45) is 0 Å². The van der Waals surface area contributed by atoms with Crippen molar-refractivity contribution in [2.75, 3.05) is 47.5 Å². The quantitative estimate of drug-likeness (QED) is 0.0211. The summed E-state index contributed by atoms with van der Waals surface area (Å²) >= 11 is 0. The highest BCUT2D eigenvalue weighted by Gasteiger charge is 2.27. The van der Waals surface area contributed by atoms with Gasteiger partial charge in [0.15, 0.2) is 6.10 Å². The lowest BCUT2D eigenvalue weighted by molar-refractivity contribution is -0.870. The Morgan fingerprint density at radius 2 is 0.864 bits per heavy atom. The number of nitrogens with zero attached hydrogens (tertiary/aromatic N) is 1. The molecule has 1 N–H and O–H groups in total. The van der Waals surface area contributed by atoms with E-state index in [1.807, 2.05) is 21.1 Å². The van der Waals surface area contributed by atoms with E-state index in [0.29, 0.717) is 17.4 Å². The van der Waals surface area contributed by atoms with E-state index in [-0.39, 0.29) is 32.0 Å². The van der Waals surface area contributed by atoms with Crippen molar-refractivity contribution >= 4 is 19.8 Å². The minimum Gasteiger partial charge on any atom is -0.462 e. The molecule has 0 spiro atoms. The van der Waals surface area contributed by atoms with E-state index in [9.17, 15) is 19.0 Å². The second-order valence-electron chi connectivity index (χ2n) is 19.2. The first kappa shape index (κ1) is 63.7. The summed E-state index contributed by atoms with van der Waals surface area (Å²) in [6.45, 7) is 4.30. The lowest BCUT2D eigenvalue weighted by Crippen LogP contribution is -2.37. The molecule has 66 heavy (non-hydrogen) atoms. The van der Waals surface area contributed by atoms with Crippen LogP contribution in [0, 0.1) is 0 Å². The van der Waals surface area contributed by atoms with Crippen molar-refractivity contribution in [1.29, 1.82) is 0 Å². The van der Waals surface area contributed by atoms with Gasteiger partial charge in [-0.15, -0.1) is 0 Å². The SMILES string of the molecule is CC/C=C\C/C=C\C/C=C\C/C=C\CCCCCCC(=O)OC(COC(=O)CCCCCCCCCCCCCCC/C=C\CCCCCCCCCC)COP(=O)(O)OCC[N+](C)(C)C. The molecule has 0 aliphatic rings. The van der Waals surface area contributed by atoms with Crippen LogP contribution >= 0.6 is 7.82 Å². The van der Waals surface area contributed by atoms with Crippen molar-refractivity contribution in [3.63, 3.8) is 0 Å². The fourth-order valence-electron chi connectivity index (χ4n) is 7.35. The number of ether oxygens (including phenoxy) is 2. The summed E-state index contributed by atoms with van der Waals surface area (Å²) in [6, 6.07) is 0. The van der Waals surface area contributed by atoms with Gasteiger partial charge in [-0.05, 0) is 77.0 Å². The fourth-order valence-corrected chi connectivity index (χ4v) is 8.10. The minimum absolute atomic E-state index is 0.0249. The van der Waals surface area contributed by atoms with Crippen LogP contribution in [0.5, 0.6) is 0 Å². The van der Waals surface area contributed by atoms with Crippen LogP contribution in [0.4, 0.5) is 0 Å². The highest BCUT2D eigenvalue weighted by atomic mass is 31.2. The number of carbonyl (C=O) groups excluding carboxylic acids is 2. The predicted octanol–water partition coefficient (Wildman–Crippen LogP) is 16.4. The van der Waals surface area contributed by atoms with Gasteiger partial charge in [0, 0.05) is 12.8 Å². The van der Waals surface area contributed by atoms with Crippen LogP contribution in [0.1, 0.15) is 232 Å². The zero-order chi connectivity index (χ0) is 48.5. The van der Waals surface area contributed by atoms with Crippen molar-refractivity contribution in [3.8, 4) is 0 Å². The van der Waals surface area contributed by atoms with E-state index in [0.717, 1.165) is 70.6 Å². The van der Waals surface area contributed by atoms with Gasteiger partial charge in [-0.25, -0.2) is 4.57 Å². The third-order valence-electron chi connectivity index (χ3n) is 11.5. The molecule has 10 heteroatoms. The number of phosphoric ester groups is 1. The molecule has 0 aliphatic heterocycles. The minimum atomic E-state index is -4.39. The van der Waals surface area contributed by atoms with Crippen LogP contribution in [0.25, 0.3) is 0 Å². The smallest absolute Gasteiger partial charge is 0.462 e. The molecule has 0 aromatic carbocycles. The molecule has 0 heterocycles. The molecule has 2 unspecified atom stereocenters. The Kier molecular flexibility index (Phi) is 46.1. The first-order valence-electron chi connectivity index (χ1n) is 27.0. The largest absolute Gasteiger partial charge is 0.472 e. The predicted molar refractivity (Wildman–Crippen MR) is 279 cm³/mol. The van der Waals surface area contributed by atoms with E-state index in [4.69, 9.17) is 18.5 Å². The zero-order valence-electron chi connectivity index (χ0n) is 43.4. The molecule has 0 fully saturated rings. The third-order valence-corrected chi connectivity index (χ3v) is 12.5. The van der Waals surface area contributed by atoms with Crippen molar-refractivity contribution in [1.82, 2.24) is 0 Å². The van der Waals surface area contributed by atoms with Crippen molar-refractivity contribution in [2.45, 2.75) is 238 Å². The number of hydrogen-bond donors (Lipinski definition) is 1. The summed E-state index contributed by atoms with van der Waals surface area (Å²) in [5, 5.41) is 0. The van der Waals surface area contributed by atoms with Gasteiger partial charge in [0.1, 0.15) is 19.8 Å². The number of rotatable bonds is 49. The number of likely N-dealkylation sites (N-methyl/N-ethyl adjacent to an activating group) is 1. The van der Waals surface area contributed by atoms with Crippen LogP contribution in [-0.2, 0) is 32.7 Å². The molecular formula is C56H103NO8P+. The van der Waals surface area contributed by atoms with Crippen LogP contribution in [0.2, 0.25) is 0 Å². The van der Waals surface area contributed by atoms with Gasteiger partial charge in [-0.3, -0.25) is 18.6 Å². The summed E-state index contributed by atoms with van der Waals surface area (Å²) in [5.41, 5.74) is 0. The van der Waals surface area contributed by atoms with Crippen LogP contribution in [-0.4, -0.2) is 74.9 Å². The fraction of sp³-hybridized carbons (Fsp3) is 0.786. The number of unbranched alkanes of at least 4 members (excludes halogenated alkanes) is 25. The molecule has 0 rings (SSSR count). The van der Waals surface area contributed by atoms with Gasteiger partial charge in [-0.1, -0.05) is 203 Å². The molecule has 0 amide bonds. The van der Waals surface area contributed by atoms with Crippen molar-refractivity contribution < 1.29 is 42.1 Å². The molecular weight excluding hydrogens is 846 g/mol. The first-order chi connectivity index (χ1) is 32.0. The number of esters is 2. The Balaban J connectivity index is 4.20. The molecule has 0 bridgehead atoms. The Hall–Kier alpha value is -2.29. The van der Waals surface area contributed by atoms with Crippen LogP contribution in [0.15, 0.2) is 60.8 Å². The Morgan fingerprint density at radius 3 is 1.30 bits per heavy atom. The van der Waals surface area contributed by atoms with Crippen LogP contribution < -0.4 is 0 Å². The number of phosphoric acid groups is 1. The summed E-state index contributed by atoms with van der Waals surface area (Å²) in [6.07, 6.45) is 60.0. The molecule has 384 valence electrons. The molecule has 2 atom stereocenters. The van der Waals surface area contributed by atoms with E-state index < -0.39 is 26.5 Å². The van der Waals surface area contributed by atoms with E-state index in [1.165, 1.54) is 128 Å². The van der Waals surface area contributed by atoms with Gasteiger partial charge in [0.05, 0.1) is 27.7 Å². The summed E-state index contributed by atoms with van der Waals surface area (Å²) in [7, 11) is 1.46. The number of carbonyl (C=O) groups is 2. The highest BCUT2D eigenvalue weighted by molar-refractivity contribution is 7.47. The second-order valence-corrected chi connectivity index (χ2v) is 20.7. The summed E-state index contributed by atoms with van der Waals surface area (Å²) < 4.78 is 34.5. The lowest BCUT2D eigenvalue weighted by atomic mass is 10.0. The molecule has 0 radical (unpaired) electrons. The molecule has 0 aromatic rings. The topological polar surface area (TPSA) is 108 Å². The van der Waals surface area contributed by atoms with Gasteiger partial charge in [0.25, 0.3) is 0 Å². The Bertz CT molecular complexity index is 1300. The van der Waals surface area contributed by atoms with E-state index in [1.54, 1.807) is 0 Å². The standard InChI is InChI=1S/C56H102NO8P/c1-6-8-10-12-14-16-18-20-22-24-25-26-27-28-29-30-31-33-34-36-38-40-42-44-46-48-55(58)62-52-54(53-64-66(60,61)63-51-50-57(3,4)5)65-56(59)49-47-45-43-41-39-37-35-32-23-21-19-17-15-13-11-9-7-2/h9,11,15,17,21,23-25,35,37,54H,6-8,10,12-14,16,18-20,22,26-34,36,38-53H2,1-5H3/p+1/b11-9-,17-15-,23-21-,25-24-,37-35-. The average molecular weight is 949 g/mol. The number of hydrogen-bond acceptors (Lipinski definition) is 7. The van der Waals surface area contributed by atoms with E-state index >= 15 is 0 Å². The van der Waals surface area contributed by atoms with Crippen molar-refractivity contribution in [3.05, 3.63) is 60.8 Å². The average Bonchev–Trinajstić information content (AvgIpc) is 3.27. The molecule has 0 aliphatic carbocycles. The van der Waals surface area contributed by atoms with Crippen LogP contribution in [0.3, 0.4) is 0 Å². The summed E-state index contributed by atoms with van der Waals surface area (Å²) in [4.78, 5) is 35.6. The van der Waals surface area contributed by atoms with E-state index in [2.05, 4.69) is 74.6 Å². The maximum absolute atomic E-state index is 12.8. The maximum Gasteiger partial charge on any atom is 0.472 e. The monoisotopic (exact) mass is 949 g/mol. The highest BCUT2D eigenvalue weighted by Crippen LogP contribution is 2.43. The number of allylic oxidation sites excluding steroid dienone is 10. The lowest BCUT2D eigenvalue weighted by Gasteiger charge is -2.24. The maximum atomic E-state index is 12.8. The van der Waals surface area contributed by atoms with Gasteiger partial charge in [0.2, 0.25) is 0 Å². The zero-order valence-corrected chi connectivity index (χ0v) is 44.3. The summed E-state index contributed by atoms with van der Waals surface area (Å²) in [5.74, 6) is -0.823. The molecule has 9 nitrogen and oxygen atoms in total. The van der Waals surface area contributed by atoms with Gasteiger partial charge >= 0.3 is 19.8 Å². The Labute approximate surface area is 406 Å². The first-order valence-corrected chi connectivity index (χ1v) is 28.5. The third kappa shape index (κ3) is 51.1.